The van der Waals surface area contributed by atoms with Crippen LogP contribution in [0.4, 0.5) is 18.9 Å². The molecule has 0 aliphatic carbocycles. The molecule has 0 saturated carbocycles. The van der Waals surface area contributed by atoms with Gasteiger partial charge in [-0.3, -0.25) is 4.79 Å². The number of carbonyl (C=O) groups excluding carboxylic acids is 1. The molecule has 2 rings (SSSR count). The van der Waals surface area contributed by atoms with E-state index < -0.39 is 18.1 Å². The third-order valence-corrected chi connectivity index (χ3v) is 2.94. The number of rotatable bonds is 5. The zero-order valence-electron chi connectivity index (χ0n) is 10.9. The molecule has 0 unspecified atom stereocenters. The molecule has 3 nitrogen and oxygen atoms in total. The molecule has 0 fully saturated rings. The smallest absolute Gasteiger partial charge is 0.263 e. The molecule has 0 bridgehead atoms. The lowest BCUT2D eigenvalue weighted by Gasteiger charge is -2.10. The summed E-state index contributed by atoms with van der Waals surface area (Å²) in [6.07, 6.45) is -2.56. The van der Waals surface area contributed by atoms with Gasteiger partial charge in [0.1, 0.15) is 5.82 Å². The highest BCUT2D eigenvalue weighted by molar-refractivity contribution is 5.93. The average Bonchev–Trinajstić information content (AvgIpc) is 2.46. The zero-order chi connectivity index (χ0) is 15.4. The predicted octanol–water partition coefficient (Wildman–Crippen LogP) is 3.47. The van der Waals surface area contributed by atoms with Gasteiger partial charge in [-0.2, -0.15) is 0 Å². The molecule has 6 heteroatoms. The normalized spacial score (nSPS) is 10.7. The van der Waals surface area contributed by atoms with Crippen molar-refractivity contribution >= 4 is 11.6 Å². The Balaban J connectivity index is 2.14. The Morgan fingerprint density at radius 1 is 1.19 bits per heavy atom. The Bertz CT molecular complexity index is 659. The maximum Gasteiger partial charge on any atom is 0.263 e. The highest BCUT2D eigenvalue weighted by Gasteiger charge is 2.09. The Hall–Kier alpha value is -2.50. The lowest BCUT2D eigenvalue weighted by atomic mass is 10.1. The lowest BCUT2D eigenvalue weighted by molar-refractivity contribution is 0.1000. The molecule has 0 heterocycles. The first-order valence-electron chi connectivity index (χ1n) is 6.17. The van der Waals surface area contributed by atoms with E-state index >= 15 is 0 Å². The van der Waals surface area contributed by atoms with Crippen LogP contribution in [0.5, 0.6) is 0 Å². The van der Waals surface area contributed by atoms with Gasteiger partial charge < -0.3 is 11.1 Å². The Labute approximate surface area is 119 Å². The van der Waals surface area contributed by atoms with Gasteiger partial charge in [0.05, 0.1) is 5.69 Å². The topological polar surface area (TPSA) is 55.1 Å². The first kappa shape index (κ1) is 14.9. The number of benzene rings is 2. The molecule has 0 saturated heterocycles. The van der Waals surface area contributed by atoms with Crippen LogP contribution >= 0.6 is 0 Å². The van der Waals surface area contributed by atoms with E-state index in [-0.39, 0.29) is 23.4 Å². The number of alkyl halides is 2. The van der Waals surface area contributed by atoms with Crippen LogP contribution in [0.1, 0.15) is 27.9 Å². The van der Waals surface area contributed by atoms with Crippen LogP contribution in [0.25, 0.3) is 0 Å². The molecule has 0 spiro atoms. The molecule has 0 atom stereocenters. The minimum atomic E-state index is -2.56. The number of hydrogen-bond acceptors (Lipinski definition) is 2. The summed E-state index contributed by atoms with van der Waals surface area (Å²) in [6, 6.07) is 9.51. The third-order valence-electron chi connectivity index (χ3n) is 2.94. The molecule has 2 aromatic rings. The molecule has 21 heavy (non-hydrogen) atoms. The first-order chi connectivity index (χ1) is 9.97. The number of nitrogens with two attached hydrogens (primary N) is 1. The van der Waals surface area contributed by atoms with Crippen LogP contribution in [-0.2, 0) is 6.54 Å². The van der Waals surface area contributed by atoms with Crippen molar-refractivity contribution in [2.45, 2.75) is 13.0 Å². The molecule has 2 aromatic carbocycles. The maximum atomic E-state index is 13.6. The van der Waals surface area contributed by atoms with E-state index in [1.807, 2.05) is 0 Å². The van der Waals surface area contributed by atoms with Crippen molar-refractivity contribution in [2.24, 2.45) is 5.73 Å². The van der Waals surface area contributed by atoms with Crippen LogP contribution in [0.15, 0.2) is 42.5 Å². The zero-order valence-corrected chi connectivity index (χ0v) is 10.9. The van der Waals surface area contributed by atoms with E-state index in [9.17, 15) is 18.0 Å². The summed E-state index contributed by atoms with van der Waals surface area (Å²) in [6.45, 7) is 0.152. The molecular weight excluding hydrogens is 281 g/mol. The number of amides is 1. The Morgan fingerprint density at radius 3 is 2.62 bits per heavy atom. The monoisotopic (exact) mass is 294 g/mol. The van der Waals surface area contributed by atoms with E-state index in [0.717, 1.165) is 6.07 Å². The lowest BCUT2D eigenvalue weighted by Crippen LogP contribution is -2.12. The quantitative estimate of drug-likeness (QED) is 0.887. The number of hydrogen-bond donors (Lipinski definition) is 2. The minimum Gasteiger partial charge on any atom is -0.379 e. The van der Waals surface area contributed by atoms with Crippen molar-refractivity contribution in [3.05, 3.63) is 65.0 Å². The van der Waals surface area contributed by atoms with Gasteiger partial charge in [0.25, 0.3) is 6.43 Å². The van der Waals surface area contributed by atoms with Crippen molar-refractivity contribution in [1.82, 2.24) is 0 Å². The van der Waals surface area contributed by atoms with E-state index in [0.29, 0.717) is 5.56 Å². The van der Waals surface area contributed by atoms with Crippen molar-refractivity contribution < 1.29 is 18.0 Å². The molecule has 0 aromatic heterocycles. The highest BCUT2D eigenvalue weighted by atomic mass is 19.3. The van der Waals surface area contributed by atoms with Gasteiger partial charge in [-0.15, -0.1) is 0 Å². The summed E-state index contributed by atoms with van der Waals surface area (Å²) in [5, 5.41) is 2.76. The third kappa shape index (κ3) is 3.75. The number of nitrogens with one attached hydrogen (secondary N) is 1. The first-order valence-corrected chi connectivity index (χ1v) is 6.17. The van der Waals surface area contributed by atoms with Crippen molar-refractivity contribution in [3.8, 4) is 0 Å². The molecule has 0 aliphatic heterocycles. The second-order valence-electron chi connectivity index (χ2n) is 4.46. The molecule has 1 amide bonds. The Morgan fingerprint density at radius 2 is 1.95 bits per heavy atom. The summed E-state index contributed by atoms with van der Waals surface area (Å²) < 4.78 is 38.8. The number of anilines is 1. The molecular formula is C15H13F3N2O. The van der Waals surface area contributed by atoms with Crippen LogP contribution in [0, 0.1) is 5.82 Å². The second-order valence-corrected chi connectivity index (χ2v) is 4.46. The van der Waals surface area contributed by atoms with Crippen LogP contribution < -0.4 is 11.1 Å². The fourth-order valence-corrected chi connectivity index (χ4v) is 1.85. The maximum absolute atomic E-state index is 13.6. The van der Waals surface area contributed by atoms with Crippen molar-refractivity contribution in [1.29, 1.82) is 0 Å². The minimum absolute atomic E-state index is 0.0914. The Kier molecular flexibility index (Phi) is 4.47. The van der Waals surface area contributed by atoms with E-state index in [1.165, 1.54) is 30.3 Å². The van der Waals surface area contributed by atoms with E-state index in [4.69, 9.17) is 5.73 Å². The fraction of sp³-hybridized carbons (Fsp3) is 0.133. The number of carbonyl (C=O) groups is 1. The van der Waals surface area contributed by atoms with Crippen LogP contribution in [0.3, 0.4) is 0 Å². The highest BCUT2D eigenvalue weighted by Crippen LogP contribution is 2.21. The van der Waals surface area contributed by atoms with Gasteiger partial charge in [0.2, 0.25) is 5.91 Å². The van der Waals surface area contributed by atoms with Gasteiger partial charge in [0, 0.05) is 17.7 Å². The summed E-state index contributed by atoms with van der Waals surface area (Å²) >= 11 is 0. The van der Waals surface area contributed by atoms with Crippen LogP contribution in [0.2, 0.25) is 0 Å². The van der Waals surface area contributed by atoms with Gasteiger partial charge in [-0.1, -0.05) is 18.2 Å². The SMILES string of the molecule is NC(=O)c1ccc(F)c(NCc2cccc(C(F)F)c2)c1. The number of halogens is 3. The summed E-state index contributed by atoms with van der Waals surface area (Å²) in [5.41, 5.74) is 5.86. The van der Waals surface area contributed by atoms with Crippen LogP contribution in [-0.4, -0.2) is 5.91 Å². The molecule has 0 radical (unpaired) electrons. The standard InChI is InChI=1S/C15H13F3N2O/c16-12-5-4-11(15(19)21)7-13(12)20-8-9-2-1-3-10(6-9)14(17)18/h1-7,14,20H,8H2,(H2,19,21). The molecule has 110 valence electrons. The van der Waals surface area contributed by atoms with Gasteiger partial charge >= 0.3 is 0 Å². The molecule has 0 aliphatic rings. The average molecular weight is 294 g/mol. The van der Waals surface area contributed by atoms with Gasteiger partial charge in [-0.25, -0.2) is 13.2 Å². The van der Waals surface area contributed by atoms with Gasteiger partial charge in [0.15, 0.2) is 0 Å². The second kappa shape index (κ2) is 6.30. The number of primary amides is 1. The predicted molar refractivity (Wildman–Crippen MR) is 73.6 cm³/mol. The van der Waals surface area contributed by atoms with Crippen molar-refractivity contribution in [3.63, 3.8) is 0 Å². The summed E-state index contributed by atoms with van der Waals surface area (Å²) in [7, 11) is 0. The summed E-state index contributed by atoms with van der Waals surface area (Å²) in [4.78, 5) is 11.0. The van der Waals surface area contributed by atoms with Gasteiger partial charge in [-0.05, 0) is 29.8 Å². The van der Waals surface area contributed by atoms with E-state index in [2.05, 4.69) is 5.32 Å². The summed E-state index contributed by atoms with van der Waals surface area (Å²) in [5.74, 6) is -1.22. The fourth-order valence-electron chi connectivity index (χ4n) is 1.85. The molecule has 3 N–H and O–H groups in total. The van der Waals surface area contributed by atoms with E-state index in [1.54, 1.807) is 6.07 Å². The van der Waals surface area contributed by atoms with Crippen molar-refractivity contribution in [2.75, 3.05) is 5.32 Å². The largest absolute Gasteiger partial charge is 0.379 e.